The molecule has 1 N–H and O–H groups in total. The van der Waals surface area contributed by atoms with E-state index >= 15 is 0 Å². The third-order valence-electron chi connectivity index (χ3n) is 1.64. The van der Waals surface area contributed by atoms with Crippen molar-refractivity contribution >= 4 is 0 Å². The van der Waals surface area contributed by atoms with Gasteiger partial charge in [-0.2, -0.15) is 6.42 Å². The third-order valence-corrected chi connectivity index (χ3v) is 1.64. The molecule has 0 aliphatic rings. The topological polar surface area (TPSA) is 30.5 Å². The van der Waals surface area contributed by atoms with Crippen molar-refractivity contribution in [3.63, 3.8) is 0 Å². The molecular formula is C11H24KNO2. The first-order valence-corrected chi connectivity index (χ1v) is 5.42. The van der Waals surface area contributed by atoms with Gasteiger partial charge in [-0.3, -0.25) is 0 Å². The van der Waals surface area contributed by atoms with Gasteiger partial charge in [0.2, 0.25) is 0 Å². The molecule has 0 saturated carbocycles. The van der Waals surface area contributed by atoms with Crippen LogP contribution in [-0.4, -0.2) is 39.5 Å². The first-order valence-electron chi connectivity index (χ1n) is 5.42. The molecule has 15 heavy (non-hydrogen) atoms. The van der Waals surface area contributed by atoms with E-state index in [9.17, 15) is 0 Å². The molecule has 0 fully saturated rings. The van der Waals surface area contributed by atoms with Crippen LogP contribution in [0.2, 0.25) is 0 Å². The van der Waals surface area contributed by atoms with Gasteiger partial charge in [-0.15, -0.1) is 0 Å². The quantitative estimate of drug-likeness (QED) is 0.287. The van der Waals surface area contributed by atoms with Gasteiger partial charge in [-0.1, -0.05) is 13.8 Å². The van der Waals surface area contributed by atoms with Gasteiger partial charge in [0.05, 0.1) is 19.8 Å². The van der Waals surface area contributed by atoms with Gasteiger partial charge in [0.1, 0.15) is 0 Å². The van der Waals surface area contributed by atoms with Crippen LogP contribution < -0.4 is 56.7 Å². The standard InChI is InChI=1S/C11H24NO2.K/c1-4-6-13-8-9-14-7-5-12-10-11(2)3;/h11-12H,1,4-10H2,2-3H3;/q-1;+1. The van der Waals surface area contributed by atoms with E-state index in [0.717, 1.165) is 32.7 Å². The molecule has 4 heteroatoms. The minimum atomic E-state index is 0. The smallest absolute Gasteiger partial charge is 0.382 e. The predicted molar refractivity (Wildman–Crippen MR) is 59.3 cm³/mol. The van der Waals surface area contributed by atoms with Crippen LogP contribution in [0.1, 0.15) is 20.3 Å². The number of nitrogens with one attached hydrogen (secondary N) is 1. The van der Waals surface area contributed by atoms with Gasteiger partial charge in [0.15, 0.2) is 0 Å². The summed E-state index contributed by atoms with van der Waals surface area (Å²) in [5.74, 6) is 0.704. The Morgan fingerprint density at radius 1 is 1.07 bits per heavy atom. The molecule has 86 valence electrons. The molecule has 3 nitrogen and oxygen atoms in total. The summed E-state index contributed by atoms with van der Waals surface area (Å²) in [6.07, 6.45) is 0.829. The second-order valence-electron chi connectivity index (χ2n) is 3.68. The zero-order valence-corrected chi connectivity index (χ0v) is 13.7. The van der Waals surface area contributed by atoms with E-state index in [0.29, 0.717) is 19.1 Å². The normalized spacial score (nSPS) is 10.4. The van der Waals surface area contributed by atoms with Crippen LogP contribution in [-0.2, 0) is 9.47 Å². The number of hydrogen-bond acceptors (Lipinski definition) is 3. The van der Waals surface area contributed by atoms with Crippen LogP contribution in [0, 0.1) is 12.8 Å². The maximum atomic E-state index is 5.35. The van der Waals surface area contributed by atoms with Gasteiger partial charge in [0, 0.05) is 13.2 Å². The van der Waals surface area contributed by atoms with E-state index in [-0.39, 0.29) is 51.4 Å². The average Bonchev–Trinajstić information content (AvgIpc) is 2.15. The first kappa shape index (κ1) is 18.9. The fraction of sp³-hybridized carbons (Fsp3) is 0.909. The first-order chi connectivity index (χ1) is 6.77. The molecule has 0 unspecified atom stereocenters. The Bertz CT molecular complexity index is 113. The number of hydrogen-bond donors (Lipinski definition) is 1. The van der Waals surface area contributed by atoms with E-state index in [2.05, 4.69) is 26.1 Å². The zero-order valence-electron chi connectivity index (χ0n) is 10.6. The summed E-state index contributed by atoms with van der Waals surface area (Å²) >= 11 is 0. The van der Waals surface area contributed by atoms with Crippen LogP contribution in [0.4, 0.5) is 0 Å². The molecule has 0 atom stereocenters. The van der Waals surface area contributed by atoms with Crippen molar-refractivity contribution in [2.45, 2.75) is 20.3 Å². The fourth-order valence-corrected chi connectivity index (χ4v) is 0.959. The van der Waals surface area contributed by atoms with Crippen molar-refractivity contribution in [2.24, 2.45) is 5.92 Å². The molecule has 0 saturated heterocycles. The molecule has 0 aromatic carbocycles. The summed E-state index contributed by atoms with van der Waals surface area (Å²) < 4.78 is 10.6. The Balaban J connectivity index is 0. The Morgan fingerprint density at radius 2 is 1.67 bits per heavy atom. The maximum absolute atomic E-state index is 5.35. The van der Waals surface area contributed by atoms with E-state index < -0.39 is 0 Å². The van der Waals surface area contributed by atoms with Crippen LogP contribution >= 0.6 is 0 Å². The van der Waals surface area contributed by atoms with Crippen molar-refractivity contribution in [1.82, 2.24) is 5.32 Å². The Labute approximate surface area is 137 Å². The van der Waals surface area contributed by atoms with E-state index in [1.165, 1.54) is 0 Å². The molecule has 0 rings (SSSR count). The summed E-state index contributed by atoms with van der Waals surface area (Å²) in [6.45, 7) is 12.9. The third kappa shape index (κ3) is 18.1. The largest absolute Gasteiger partial charge is 1.00 e. The van der Waals surface area contributed by atoms with Crippen LogP contribution in [0.3, 0.4) is 0 Å². The SMILES string of the molecule is [CH2-]CCOCCOCCNCC(C)C.[K+]. The van der Waals surface area contributed by atoms with Crippen LogP contribution in [0.15, 0.2) is 0 Å². The minimum absolute atomic E-state index is 0. The molecular weight excluding hydrogens is 217 g/mol. The summed E-state index contributed by atoms with van der Waals surface area (Å²) in [5, 5.41) is 3.31. The molecule has 0 spiro atoms. The second kappa shape index (κ2) is 15.5. The monoisotopic (exact) mass is 241 g/mol. The molecule has 0 aromatic rings. The molecule has 0 bridgehead atoms. The molecule has 0 radical (unpaired) electrons. The van der Waals surface area contributed by atoms with Crippen molar-refractivity contribution in [3.8, 4) is 0 Å². The zero-order chi connectivity index (χ0) is 10.6. The Morgan fingerprint density at radius 3 is 2.20 bits per heavy atom. The van der Waals surface area contributed by atoms with Crippen LogP contribution in [0.25, 0.3) is 0 Å². The van der Waals surface area contributed by atoms with E-state index in [1.54, 1.807) is 0 Å². The number of ether oxygens (including phenoxy) is 2. The Hall–Kier alpha value is 1.52. The van der Waals surface area contributed by atoms with Crippen LogP contribution in [0.5, 0.6) is 0 Å². The molecule has 0 aliphatic carbocycles. The molecule has 0 amide bonds. The van der Waals surface area contributed by atoms with Gasteiger partial charge >= 0.3 is 51.4 Å². The summed E-state index contributed by atoms with van der Waals surface area (Å²) in [4.78, 5) is 0. The fourth-order valence-electron chi connectivity index (χ4n) is 0.959. The molecule has 0 aliphatic heterocycles. The van der Waals surface area contributed by atoms with Crippen molar-refractivity contribution < 1.29 is 60.9 Å². The Kier molecular flexibility index (Phi) is 19.5. The van der Waals surface area contributed by atoms with Gasteiger partial charge in [0.25, 0.3) is 0 Å². The number of rotatable bonds is 10. The maximum Gasteiger partial charge on any atom is 1.00 e. The van der Waals surface area contributed by atoms with Gasteiger partial charge in [-0.05, 0) is 12.5 Å². The van der Waals surface area contributed by atoms with E-state index in [4.69, 9.17) is 9.47 Å². The predicted octanol–water partition coefficient (Wildman–Crippen LogP) is -1.51. The van der Waals surface area contributed by atoms with Crippen molar-refractivity contribution in [2.75, 3.05) is 39.5 Å². The summed E-state index contributed by atoms with van der Waals surface area (Å²) in [7, 11) is 0. The summed E-state index contributed by atoms with van der Waals surface area (Å²) in [5.41, 5.74) is 0. The minimum Gasteiger partial charge on any atom is -0.382 e. The van der Waals surface area contributed by atoms with Gasteiger partial charge < -0.3 is 21.7 Å². The van der Waals surface area contributed by atoms with E-state index in [1.807, 2.05) is 0 Å². The molecule has 0 heterocycles. The van der Waals surface area contributed by atoms with Gasteiger partial charge in [-0.25, -0.2) is 0 Å². The van der Waals surface area contributed by atoms with Crippen molar-refractivity contribution in [3.05, 3.63) is 6.92 Å². The average molecular weight is 241 g/mol. The van der Waals surface area contributed by atoms with Crippen molar-refractivity contribution in [1.29, 1.82) is 0 Å². The second-order valence-corrected chi connectivity index (χ2v) is 3.68. The molecule has 0 aromatic heterocycles. The summed E-state index contributed by atoms with van der Waals surface area (Å²) in [6, 6.07) is 0.